The number of methoxy groups -OCH3 is 1. The Morgan fingerprint density at radius 2 is 1.93 bits per heavy atom. The molecule has 167 valence electrons. The first kappa shape index (κ1) is 23.2. The summed E-state index contributed by atoms with van der Waals surface area (Å²) in [6.45, 7) is 7.64. The predicted octanol–water partition coefficient (Wildman–Crippen LogP) is 7.29. The van der Waals surface area contributed by atoms with Crippen LogP contribution in [0.5, 0.6) is 0 Å². The second-order valence-electron chi connectivity index (χ2n) is 9.88. The van der Waals surface area contributed by atoms with Crippen molar-refractivity contribution in [3.8, 4) is 0 Å². The topological polar surface area (TPSA) is 38.4 Å². The average molecular weight is 414 g/mol. The van der Waals surface area contributed by atoms with Crippen LogP contribution in [0.15, 0.2) is 41.9 Å². The van der Waals surface area contributed by atoms with Gasteiger partial charge in [-0.15, -0.1) is 0 Å². The zero-order chi connectivity index (χ0) is 21.6. The molecule has 0 N–H and O–H groups in total. The lowest BCUT2D eigenvalue weighted by Crippen LogP contribution is -2.39. The predicted molar refractivity (Wildman–Crippen MR) is 121 cm³/mol. The lowest BCUT2D eigenvalue weighted by atomic mass is 9.62. The largest absolute Gasteiger partial charge is 0.466 e. The van der Waals surface area contributed by atoms with Gasteiger partial charge in [0, 0.05) is 12.0 Å². The third kappa shape index (κ3) is 5.22. The highest BCUT2D eigenvalue weighted by Crippen LogP contribution is 2.58. The van der Waals surface area contributed by atoms with Gasteiger partial charge in [-0.3, -0.25) is 0 Å². The number of benzene rings is 1. The molecule has 2 saturated carbocycles. The fraction of sp³-hybridized carbons (Fsp3) is 0.704. The maximum atomic E-state index is 12.4. The Morgan fingerprint density at radius 3 is 2.63 bits per heavy atom. The van der Waals surface area contributed by atoms with Gasteiger partial charge >= 0.3 is 5.95 Å². The van der Waals surface area contributed by atoms with Crippen LogP contribution in [-0.4, -0.2) is 13.2 Å². The van der Waals surface area contributed by atoms with Crippen molar-refractivity contribution in [2.45, 2.75) is 91.3 Å². The van der Waals surface area contributed by atoms with Gasteiger partial charge in [-0.1, -0.05) is 70.4 Å². The minimum Gasteiger partial charge on any atom is -0.466 e. The molecule has 0 amide bonds. The van der Waals surface area contributed by atoms with Crippen LogP contribution in [0, 0.1) is 23.2 Å². The molecule has 2 fully saturated rings. The van der Waals surface area contributed by atoms with E-state index >= 15 is 0 Å². The van der Waals surface area contributed by atoms with Crippen molar-refractivity contribution in [1.82, 2.24) is 0 Å². The van der Waals surface area contributed by atoms with Crippen LogP contribution in [0.25, 0.3) is 0 Å². The maximum absolute atomic E-state index is 12.4. The summed E-state index contributed by atoms with van der Waals surface area (Å²) >= 11 is 0. The standard InChI is InChI=1S/C27H41O3/c1-5-11-22(26(28)29-4)18-25(30-19-21-12-7-6-8-13-21)20(2)24-16-15-23-14-9-10-17-27(23,24)3/h6-8,12-13,20,23-25H,5,9-11,14-19H2,1-4H3/t20-,23+,24+,25+,27-/m0/s1. The first-order valence-corrected chi connectivity index (χ1v) is 12.1. The van der Waals surface area contributed by atoms with E-state index in [9.17, 15) is 5.11 Å². The molecule has 0 heterocycles. The van der Waals surface area contributed by atoms with Crippen molar-refractivity contribution in [2.24, 2.45) is 23.2 Å². The third-order valence-corrected chi connectivity index (χ3v) is 8.13. The Balaban J connectivity index is 1.80. The van der Waals surface area contributed by atoms with Crippen LogP contribution in [0.4, 0.5) is 0 Å². The molecular formula is C27H41O3. The van der Waals surface area contributed by atoms with E-state index < -0.39 is 0 Å². The molecule has 0 aromatic heterocycles. The van der Waals surface area contributed by atoms with Crippen LogP contribution < -0.4 is 0 Å². The fourth-order valence-corrected chi connectivity index (χ4v) is 6.38. The molecule has 3 heteroatoms. The maximum Gasteiger partial charge on any atom is 0.329 e. The molecule has 1 aromatic carbocycles. The fourth-order valence-electron chi connectivity index (χ4n) is 6.38. The van der Waals surface area contributed by atoms with Crippen molar-refractivity contribution >= 4 is 0 Å². The number of hydrogen-bond acceptors (Lipinski definition) is 2. The zero-order valence-corrected chi connectivity index (χ0v) is 19.5. The lowest BCUT2D eigenvalue weighted by molar-refractivity contribution is -0.0431. The summed E-state index contributed by atoms with van der Waals surface area (Å²) in [5, 5.41) is 12.4. The Hall–Kier alpha value is -1.48. The summed E-state index contributed by atoms with van der Waals surface area (Å²) in [6, 6.07) is 10.4. The molecule has 0 saturated heterocycles. The molecule has 1 radical (unpaired) electrons. The van der Waals surface area contributed by atoms with Gasteiger partial charge < -0.3 is 9.47 Å². The van der Waals surface area contributed by atoms with Gasteiger partial charge in [0.05, 0.1) is 19.8 Å². The van der Waals surface area contributed by atoms with Crippen LogP contribution >= 0.6 is 0 Å². The zero-order valence-electron chi connectivity index (χ0n) is 19.5. The number of rotatable bonds is 10. The van der Waals surface area contributed by atoms with Crippen molar-refractivity contribution in [3.63, 3.8) is 0 Å². The van der Waals surface area contributed by atoms with Gasteiger partial charge in [0.1, 0.15) is 0 Å². The minimum atomic E-state index is -0.162. The van der Waals surface area contributed by atoms with Crippen LogP contribution in [0.3, 0.4) is 0 Å². The molecule has 0 unspecified atom stereocenters. The molecule has 0 spiro atoms. The molecule has 0 bridgehead atoms. The molecule has 2 aliphatic rings. The van der Waals surface area contributed by atoms with Crippen molar-refractivity contribution in [1.29, 1.82) is 0 Å². The number of ether oxygens (including phenoxy) is 2. The van der Waals surface area contributed by atoms with Gasteiger partial charge in [0.15, 0.2) is 0 Å². The highest BCUT2D eigenvalue weighted by atomic mass is 16.6. The summed E-state index contributed by atoms with van der Waals surface area (Å²) in [5.41, 5.74) is 2.51. The van der Waals surface area contributed by atoms with E-state index in [1.807, 2.05) is 6.07 Å². The third-order valence-electron chi connectivity index (χ3n) is 8.13. The van der Waals surface area contributed by atoms with E-state index in [0.717, 1.165) is 24.3 Å². The monoisotopic (exact) mass is 413 g/mol. The first-order valence-electron chi connectivity index (χ1n) is 12.1. The summed E-state index contributed by atoms with van der Waals surface area (Å²) in [4.78, 5) is 0. The quantitative estimate of drug-likeness (QED) is 0.378. The van der Waals surface area contributed by atoms with Crippen LogP contribution in [-0.2, 0) is 21.2 Å². The number of fused-ring (bicyclic) bond motifs is 1. The smallest absolute Gasteiger partial charge is 0.329 e. The Bertz CT molecular complexity index is 683. The Morgan fingerprint density at radius 1 is 1.17 bits per heavy atom. The van der Waals surface area contributed by atoms with Gasteiger partial charge in [-0.05, 0) is 60.8 Å². The lowest BCUT2D eigenvalue weighted by Gasteiger charge is -2.44. The van der Waals surface area contributed by atoms with E-state index in [-0.39, 0.29) is 12.0 Å². The average Bonchev–Trinajstić information content (AvgIpc) is 3.12. The molecule has 3 rings (SSSR count). The van der Waals surface area contributed by atoms with E-state index in [1.165, 1.54) is 51.2 Å². The van der Waals surface area contributed by atoms with Crippen molar-refractivity contribution in [2.75, 3.05) is 7.11 Å². The van der Waals surface area contributed by atoms with E-state index in [4.69, 9.17) is 9.47 Å². The molecule has 5 atom stereocenters. The summed E-state index contributed by atoms with van der Waals surface area (Å²) in [7, 11) is 1.49. The van der Waals surface area contributed by atoms with Crippen LogP contribution in [0.2, 0.25) is 0 Å². The summed E-state index contributed by atoms with van der Waals surface area (Å²) in [6.07, 6.45) is 10.6. The van der Waals surface area contributed by atoms with E-state index in [1.54, 1.807) is 0 Å². The molecular weight excluding hydrogens is 372 g/mol. The molecule has 30 heavy (non-hydrogen) atoms. The highest BCUT2D eigenvalue weighted by Gasteiger charge is 2.50. The second kappa shape index (κ2) is 10.7. The van der Waals surface area contributed by atoms with Gasteiger partial charge in [0.25, 0.3) is 0 Å². The molecule has 0 aliphatic heterocycles. The van der Waals surface area contributed by atoms with E-state index in [0.29, 0.717) is 30.3 Å². The van der Waals surface area contributed by atoms with Crippen LogP contribution in [0.1, 0.15) is 84.1 Å². The first-order chi connectivity index (χ1) is 14.5. The molecule has 1 aromatic rings. The van der Waals surface area contributed by atoms with Gasteiger partial charge in [-0.25, -0.2) is 5.11 Å². The Kier molecular flexibility index (Phi) is 8.27. The summed E-state index contributed by atoms with van der Waals surface area (Å²) < 4.78 is 11.7. The van der Waals surface area contributed by atoms with Crippen molar-refractivity contribution < 1.29 is 14.6 Å². The normalized spacial score (nSPS) is 29.1. The highest BCUT2D eigenvalue weighted by molar-refractivity contribution is 5.14. The number of hydrogen-bond donors (Lipinski definition) is 0. The van der Waals surface area contributed by atoms with Gasteiger partial charge in [-0.2, -0.15) is 0 Å². The SMILES string of the molecule is CCCC(C[C@@H](OCc1ccccc1)[C@@H](C)[C@H]1CC[C@H]2CCCC[C@@]21C)=C([O])OC. The summed E-state index contributed by atoms with van der Waals surface area (Å²) in [5.74, 6) is 1.81. The second-order valence-corrected chi connectivity index (χ2v) is 9.88. The minimum absolute atomic E-state index is 0.0494. The molecule has 2 aliphatic carbocycles. The van der Waals surface area contributed by atoms with E-state index in [2.05, 4.69) is 45.0 Å². The van der Waals surface area contributed by atoms with Gasteiger partial charge in [0.2, 0.25) is 0 Å². The van der Waals surface area contributed by atoms with Crippen molar-refractivity contribution in [3.05, 3.63) is 47.4 Å². The molecule has 3 nitrogen and oxygen atoms in total. The Labute approximate surface area is 183 Å².